The van der Waals surface area contributed by atoms with Crippen molar-refractivity contribution in [1.82, 2.24) is 4.90 Å². The van der Waals surface area contributed by atoms with Crippen molar-refractivity contribution >= 4 is 40.5 Å². The lowest BCUT2D eigenvalue weighted by atomic mass is 10.2. The second-order valence-electron chi connectivity index (χ2n) is 6.28. The van der Waals surface area contributed by atoms with Gasteiger partial charge in [-0.25, -0.2) is 0 Å². The van der Waals surface area contributed by atoms with Crippen LogP contribution < -0.4 is 15.4 Å². The molecule has 0 unspecified atom stereocenters. The first-order valence-corrected chi connectivity index (χ1v) is 8.98. The highest BCUT2D eigenvalue weighted by molar-refractivity contribution is 6.31. The molecular weight excluding hydrogens is 400 g/mol. The zero-order valence-electron chi connectivity index (χ0n) is 16.1. The van der Waals surface area contributed by atoms with Crippen LogP contribution >= 0.6 is 11.6 Å². The Labute approximate surface area is 172 Å². The number of hydrogen-bond donors (Lipinski definition) is 2. The van der Waals surface area contributed by atoms with E-state index >= 15 is 0 Å². The van der Waals surface area contributed by atoms with Gasteiger partial charge in [0.15, 0.2) is 0 Å². The molecule has 1 atom stereocenters. The van der Waals surface area contributed by atoms with Crippen molar-refractivity contribution in [3.8, 4) is 5.75 Å². The summed E-state index contributed by atoms with van der Waals surface area (Å²) in [6.45, 7) is 1.55. The van der Waals surface area contributed by atoms with Gasteiger partial charge in [0.2, 0.25) is 11.8 Å². The molecule has 29 heavy (non-hydrogen) atoms. The summed E-state index contributed by atoms with van der Waals surface area (Å²) in [6, 6.07) is 9.81. The van der Waals surface area contributed by atoms with Crippen molar-refractivity contribution in [2.45, 2.75) is 13.0 Å². The Bertz CT molecular complexity index is 921. The van der Waals surface area contributed by atoms with Crippen LogP contribution in [0.2, 0.25) is 5.02 Å². The number of benzene rings is 2. The molecule has 0 aliphatic carbocycles. The highest BCUT2D eigenvalue weighted by Gasteiger charge is 2.21. The van der Waals surface area contributed by atoms with Crippen LogP contribution in [0.3, 0.4) is 0 Å². The number of amides is 2. The number of nitro groups is 1. The number of non-ortho nitro benzene ring substituents is 1. The fourth-order valence-electron chi connectivity index (χ4n) is 2.48. The number of carbonyl (C=O) groups is 2. The maximum atomic E-state index is 12.4. The average molecular weight is 421 g/mol. The highest BCUT2D eigenvalue weighted by atomic mass is 35.5. The van der Waals surface area contributed by atoms with Crippen molar-refractivity contribution in [3.63, 3.8) is 0 Å². The molecule has 2 amide bonds. The SMILES string of the molecule is COc1ccc(Cl)cc1NC(=O)CN(C)[C@@H](C)C(=O)Nc1cccc([N+](=O)[O-])c1. The van der Waals surface area contributed by atoms with Crippen LogP contribution in [0.15, 0.2) is 42.5 Å². The molecule has 0 radical (unpaired) electrons. The van der Waals surface area contributed by atoms with Crippen LogP contribution in [0, 0.1) is 10.1 Å². The molecule has 154 valence electrons. The molecule has 2 N–H and O–H groups in total. The van der Waals surface area contributed by atoms with Gasteiger partial charge in [0, 0.05) is 22.8 Å². The van der Waals surface area contributed by atoms with E-state index in [2.05, 4.69) is 10.6 Å². The van der Waals surface area contributed by atoms with E-state index in [-0.39, 0.29) is 18.1 Å². The smallest absolute Gasteiger partial charge is 0.271 e. The summed E-state index contributed by atoms with van der Waals surface area (Å²) in [7, 11) is 3.10. The van der Waals surface area contributed by atoms with E-state index < -0.39 is 16.9 Å². The number of rotatable bonds is 8. The molecule has 2 rings (SSSR count). The first-order valence-electron chi connectivity index (χ1n) is 8.60. The Kier molecular flexibility index (Phi) is 7.52. The standard InChI is InChI=1S/C19H21ClN4O5/c1-12(19(26)21-14-5-4-6-15(10-14)24(27)28)23(2)11-18(25)22-16-9-13(20)7-8-17(16)29-3/h4-10,12H,11H2,1-3H3,(H,21,26)(H,22,25)/t12-/m0/s1. The molecule has 0 aliphatic heterocycles. The molecule has 0 bridgehead atoms. The van der Waals surface area contributed by atoms with Gasteiger partial charge in [-0.1, -0.05) is 17.7 Å². The lowest BCUT2D eigenvalue weighted by molar-refractivity contribution is -0.384. The summed E-state index contributed by atoms with van der Waals surface area (Å²) in [5.74, 6) is -0.300. The topological polar surface area (TPSA) is 114 Å². The van der Waals surface area contributed by atoms with Gasteiger partial charge in [-0.2, -0.15) is 0 Å². The highest BCUT2D eigenvalue weighted by Crippen LogP contribution is 2.27. The molecule has 9 nitrogen and oxygen atoms in total. The Morgan fingerprint density at radius 3 is 2.62 bits per heavy atom. The van der Waals surface area contributed by atoms with E-state index in [0.29, 0.717) is 22.1 Å². The van der Waals surface area contributed by atoms with E-state index in [9.17, 15) is 19.7 Å². The summed E-state index contributed by atoms with van der Waals surface area (Å²) in [6.07, 6.45) is 0. The second-order valence-corrected chi connectivity index (χ2v) is 6.72. The normalized spacial score (nSPS) is 11.6. The first-order chi connectivity index (χ1) is 13.7. The van der Waals surface area contributed by atoms with E-state index in [1.807, 2.05) is 0 Å². The van der Waals surface area contributed by atoms with E-state index in [1.54, 1.807) is 43.1 Å². The fraction of sp³-hybridized carbons (Fsp3) is 0.263. The van der Waals surface area contributed by atoms with Gasteiger partial charge in [0.25, 0.3) is 5.69 Å². The van der Waals surface area contributed by atoms with Crippen molar-refractivity contribution < 1.29 is 19.2 Å². The minimum absolute atomic E-state index is 0.0702. The maximum Gasteiger partial charge on any atom is 0.271 e. The van der Waals surface area contributed by atoms with E-state index in [0.717, 1.165) is 0 Å². The van der Waals surface area contributed by atoms with Gasteiger partial charge in [0.1, 0.15) is 5.75 Å². The minimum atomic E-state index is -0.665. The summed E-state index contributed by atoms with van der Waals surface area (Å²) >= 11 is 5.95. The predicted octanol–water partition coefficient (Wildman–Crippen LogP) is 3.15. The fourth-order valence-corrected chi connectivity index (χ4v) is 2.65. The number of likely N-dealkylation sites (N-methyl/N-ethyl adjacent to an activating group) is 1. The molecule has 0 aromatic heterocycles. The number of hydrogen-bond acceptors (Lipinski definition) is 6. The van der Waals surface area contributed by atoms with Crippen LogP contribution in [0.1, 0.15) is 6.92 Å². The quantitative estimate of drug-likeness (QED) is 0.501. The third kappa shape index (κ3) is 6.16. The number of nitrogens with one attached hydrogen (secondary N) is 2. The largest absolute Gasteiger partial charge is 0.495 e. The molecule has 10 heteroatoms. The van der Waals surface area contributed by atoms with Gasteiger partial charge in [-0.05, 0) is 38.2 Å². The Balaban J connectivity index is 1.97. The molecule has 0 saturated carbocycles. The summed E-state index contributed by atoms with van der Waals surface area (Å²) < 4.78 is 5.19. The number of anilines is 2. The van der Waals surface area contributed by atoms with E-state index in [1.165, 1.54) is 25.3 Å². The molecular formula is C19H21ClN4O5. The van der Waals surface area contributed by atoms with Gasteiger partial charge in [0.05, 0.1) is 30.3 Å². The Morgan fingerprint density at radius 2 is 1.97 bits per heavy atom. The molecule has 2 aromatic carbocycles. The number of halogens is 1. The summed E-state index contributed by atoms with van der Waals surface area (Å²) in [4.78, 5) is 36.6. The number of nitrogens with zero attached hydrogens (tertiary/aromatic N) is 2. The number of ether oxygens (including phenoxy) is 1. The van der Waals surface area contributed by atoms with Crippen molar-refractivity contribution in [2.24, 2.45) is 0 Å². The molecule has 2 aromatic rings. The van der Waals surface area contributed by atoms with Gasteiger partial charge in [-0.3, -0.25) is 24.6 Å². The van der Waals surface area contributed by atoms with Gasteiger partial charge in [-0.15, -0.1) is 0 Å². The van der Waals surface area contributed by atoms with Gasteiger partial charge >= 0.3 is 0 Å². The van der Waals surface area contributed by atoms with Crippen LogP contribution in [0.25, 0.3) is 0 Å². The second kappa shape index (κ2) is 9.85. The monoisotopic (exact) mass is 420 g/mol. The van der Waals surface area contributed by atoms with Crippen molar-refractivity contribution in [3.05, 3.63) is 57.6 Å². The Morgan fingerprint density at radius 1 is 1.24 bits per heavy atom. The lowest BCUT2D eigenvalue weighted by Gasteiger charge is -2.23. The molecule has 0 heterocycles. The summed E-state index contributed by atoms with van der Waals surface area (Å²) in [5.41, 5.74) is 0.600. The third-order valence-electron chi connectivity index (χ3n) is 4.19. The number of carbonyl (C=O) groups excluding carboxylic acids is 2. The average Bonchev–Trinajstić information content (AvgIpc) is 2.67. The first kappa shape index (κ1) is 22.1. The Hall–Kier alpha value is -3.17. The van der Waals surface area contributed by atoms with Gasteiger partial charge < -0.3 is 15.4 Å². The summed E-state index contributed by atoms with van der Waals surface area (Å²) in [5, 5.41) is 16.6. The third-order valence-corrected chi connectivity index (χ3v) is 4.43. The van der Waals surface area contributed by atoms with Crippen LogP contribution in [0.4, 0.5) is 17.1 Å². The van der Waals surface area contributed by atoms with Crippen molar-refractivity contribution in [2.75, 3.05) is 31.3 Å². The molecule has 0 saturated heterocycles. The van der Waals surface area contributed by atoms with E-state index in [4.69, 9.17) is 16.3 Å². The predicted molar refractivity (Wildman–Crippen MR) is 110 cm³/mol. The molecule has 0 aliphatic rings. The lowest BCUT2D eigenvalue weighted by Crippen LogP contribution is -2.43. The number of methoxy groups -OCH3 is 1. The zero-order chi connectivity index (χ0) is 21.6. The minimum Gasteiger partial charge on any atom is -0.495 e. The van der Waals surface area contributed by atoms with Crippen LogP contribution in [0.5, 0.6) is 5.75 Å². The maximum absolute atomic E-state index is 12.4. The van der Waals surface area contributed by atoms with Crippen LogP contribution in [-0.4, -0.2) is 48.4 Å². The number of nitro benzene ring substituents is 1. The van der Waals surface area contributed by atoms with Crippen molar-refractivity contribution in [1.29, 1.82) is 0 Å². The molecule has 0 spiro atoms. The zero-order valence-corrected chi connectivity index (χ0v) is 16.9. The molecule has 0 fully saturated rings. The van der Waals surface area contributed by atoms with Crippen LogP contribution in [-0.2, 0) is 9.59 Å².